The van der Waals surface area contributed by atoms with E-state index >= 15 is 0 Å². The first-order chi connectivity index (χ1) is 13.2. The highest BCUT2D eigenvalue weighted by molar-refractivity contribution is 6.07. The Hall–Kier alpha value is -3.66. The molecule has 0 radical (unpaired) electrons. The molecule has 4 nitrogen and oxygen atoms in total. The molecule has 0 bridgehead atoms. The van der Waals surface area contributed by atoms with Crippen molar-refractivity contribution in [1.82, 2.24) is 0 Å². The predicted octanol–water partition coefficient (Wildman–Crippen LogP) is 4.81. The van der Waals surface area contributed by atoms with Crippen molar-refractivity contribution in [3.05, 3.63) is 108 Å². The number of benzene rings is 3. The number of nitrogens with one attached hydrogen (secondary N) is 1. The molecular formula is C23H19NO3. The summed E-state index contributed by atoms with van der Waals surface area (Å²) in [6, 6.07) is 25.4. The van der Waals surface area contributed by atoms with Crippen LogP contribution in [0, 0.1) is 0 Å². The monoisotopic (exact) mass is 357 g/mol. The summed E-state index contributed by atoms with van der Waals surface area (Å²) in [5.74, 6) is -0.767. The molecule has 0 aliphatic rings. The van der Waals surface area contributed by atoms with Crippen molar-refractivity contribution < 1.29 is 14.3 Å². The maximum Gasteiger partial charge on any atom is 0.340 e. The second kappa shape index (κ2) is 9.15. The van der Waals surface area contributed by atoms with Crippen LogP contribution in [0.15, 0.2) is 91.0 Å². The van der Waals surface area contributed by atoms with Crippen LogP contribution in [-0.4, -0.2) is 18.5 Å². The Bertz CT molecular complexity index is 934. The summed E-state index contributed by atoms with van der Waals surface area (Å²) in [6.07, 6.45) is 3.66. The third-order valence-corrected chi connectivity index (χ3v) is 3.85. The molecule has 0 heterocycles. The van der Waals surface area contributed by atoms with E-state index in [1.807, 2.05) is 42.5 Å². The summed E-state index contributed by atoms with van der Waals surface area (Å²) in [4.78, 5) is 24.7. The van der Waals surface area contributed by atoms with E-state index in [9.17, 15) is 9.59 Å². The minimum absolute atomic E-state index is 0.148. The van der Waals surface area contributed by atoms with Gasteiger partial charge in [-0.3, -0.25) is 4.79 Å². The molecule has 0 atom stereocenters. The zero-order valence-corrected chi connectivity index (χ0v) is 14.7. The molecule has 0 spiro atoms. The number of rotatable bonds is 6. The van der Waals surface area contributed by atoms with Gasteiger partial charge in [0.2, 0.25) is 0 Å². The highest BCUT2D eigenvalue weighted by Gasteiger charge is 2.14. The van der Waals surface area contributed by atoms with Crippen LogP contribution in [-0.2, 0) is 4.74 Å². The highest BCUT2D eigenvalue weighted by Crippen LogP contribution is 2.17. The first-order valence-electron chi connectivity index (χ1n) is 8.58. The second-order valence-corrected chi connectivity index (χ2v) is 5.78. The van der Waals surface area contributed by atoms with Crippen LogP contribution in [0.25, 0.3) is 6.08 Å². The van der Waals surface area contributed by atoms with E-state index in [0.29, 0.717) is 16.8 Å². The molecule has 3 aromatic carbocycles. The highest BCUT2D eigenvalue weighted by atomic mass is 16.5. The van der Waals surface area contributed by atoms with E-state index in [1.165, 1.54) is 0 Å². The van der Waals surface area contributed by atoms with E-state index in [2.05, 4.69) is 5.32 Å². The largest absolute Gasteiger partial charge is 0.458 e. The molecule has 3 aromatic rings. The lowest BCUT2D eigenvalue weighted by atomic mass is 10.1. The standard InChI is InChI=1S/C23H19NO3/c25-22(19-13-5-2-6-14-19)24-21-16-8-7-15-20(21)23(26)27-17-9-12-18-10-3-1-4-11-18/h1-16H,17H2,(H,24,25)/b12-9+. The molecule has 0 saturated heterocycles. The summed E-state index contributed by atoms with van der Waals surface area (Å²) in [5, 5.41) is 2.77. The van der Waals surface area contributed by atoms with Gasteiger partial charge in [-0.2, -0.15) is 0 Å². The number of amides is 1. The Morgan fingerprint density at radius 3 is 2.19 bits per heavy atom. The number of ether oxygens (including phenoxy) is 1. The molecule has 1 amide bonds. The normalized spacial score (nSPS) is 10.5. The summed E-state index contributed by atoms with van der Waals surface area (Å²) >= 11 is 0. The fraction of sp³-hybridized carbons (Fsp3) is 0.0435. The molecule has 134 valence electrons. The first-order valence-corrected chi connectivity index (χ1v) is 8.58. The lowest BCUT2D eigenvalue weighted by Gasteiger charge is -2.10. The van der Waals surface area contributed by atoms with Gasteiger partial charge in [0.1, 0.15) is 6.61 Å². The number of para-hydroxylation sites is 1. The molecule has 4 heteroatoms. The van der Waals surface area contributed by atoms with Crippen molar-refractivity contribution in [2.24, 2.45) is 0 Å². The number of hydrogen-bond donors (Lipinski definition) is 1. The Balaban J connectivity index is 1.63. The van der Waals surface area contributed by atoms with Crippen LogP contribution in [0.2, 0.25) is 0 Å². The third-order valence-electron chi connectivity index (χ3n) is 3.85. The van der Waals surface area contributed by atoms with Gasteiger partial charge in [-0.25, -0.2) is 4.79 Å². The molecular weight excluding hydrogens is 338 g/mol. The fourth-order valence-corrected chi connectivity index (χ4v) is 2.50. The third kappa shape index (κ3) is 5.16. The molecule has 0 aliphatic heterocycles. The SMILES string of the molecule is O=C(Nc1ccccc1C(=O)OC/C=C/c1ccccc1)c1ccccc1. The van der Waals surface area contributed by atoms with E-state index in [-0.39, 0.29) is 12.5 Å². The molecule has 0 aromatic heterocycles. The zero-order valence-electron chi connectivity index (χ0n) is 14.7. The molecule has 3 rings (SSSR count). The average Bonchev–Trinajstić information content (AvgIpc) is 2.73. The van der Waals surface area contributed by atoms with Crippen molar-refractivity contribution in [2.45, 2.75) is 0 Å². The number of anilines is 1. The van der Waals surface area contributed by atoms with Crippen LogP contribution in [0.4, 0.5) is 5.69 Å². The lowest BCUT2D eigenvalue weighted by molar-refractivity contribution is 0.0551. The minimum Gasteiger partial charge on any atom is -0.458 e. The maximum absolute atomic E-state index is 12.4. The summed E-state index contributed by atoms with van der Waals surface area (Å²) in [5.41, 5.74) is 2.29. The van der Waals surface area contributed by atoms with Gasteiger partial charge in [0.25, 0.3) is 5.91 Å². The van der Waals surface area contributed by atoms with Crippen molar-refractivity contribution in [1.29, 1.82) is 0 Å². The summed E-state index contributed by atoms with van der Waals surface area (Å²) in [6.45, 7) is 0.148. The van der Waals surface area contributed by atoms with Crippen molar-refractivity contribution >= 4 is 23.6 Å². The molecule has 1 N–H and O–H groups in total. The van der Waals surface area contributed by atoms with E-state index in [1.54, 1.807) is 54.6 Å². The van der Waals surface area contributed by atoms with Crippen LogP contribution < -0.4 is 5.32 Å². The van der Waals surface area contributed by atoms with E-state index in [4.69, 9.17) is 4.74 Å². The van der Waals surface area contributed by atoms with Gasteiger partial charge < -0.3 is 10.1 Å². The molecule has 0 aliphatic carbocycles. The quantitative estimate of drug-likeness (QED) is 0.644. The lowest BCUT2D eigenvalue weighted by Crippen LogP contribution is -2.15. The Kier molecular flexibility index (Phi) is 6.15. The zero-order chi connectivity index (χ0) is 18.9. The van der Waals surface area contributed by atoms with Crippen LogP contribution in [0.5, 0.6) is 0 Å². The number of carbonyl (C=O) groups is 2. The summed E-state index contributed by atoms with van der Waals surface area (Å²) in [7, 11) is 0. The Labute approximate surface area is 158 Å². The fourth-order valence-electron chi connectivity index (χ4n) is 2.50. The van der Waals surface area contributed by atoms with Crippen molar-refractivity contribution in [2.75, 3.05) is 11.9 Å². The number of hydrogen-bond acceptors (Lipinski definition) is 3. The van der Waals surface area contributed by atoms with Gasteiger partial charge >= 0.3 is 5.97 Å². The van der Waals surface area contributed by atoms with Crippen molar-refractivity contribution in [3.63, 3.8) is 0 Å². The van der Waals surface area contributed by atoms with E-state index in [0.717, 1.165) is 5.56 Å². The van der Waals surface area contributed by atoms with Gasteiger partial charge in [0.15, 0.2) is 0 Å². The Morgan fingerprint density at radius 2 is 1.44 bits per heavy atom. The molecule has 0 unspecified atom stereocenters. The first kappa shape index (κ1) is 18.1. The van der Waals surface area contributed by atoms with Crippen LogP contribution in [0.1, 0.15) is 26.3 Å². The van der Waals surface area contributed by atoms with Crippen molar-refractivity contribution in [3.8, 4) is 0 Å². The molecule has 27 heavy (non-hydrogen) atoms. The second-order valence-electron chi connectivity index (χ2n) is 5.78. The number of carbonyl (C=O) groups excluding carboxylic acids is 2. The van der Waals surface area contributed by atoms with Gasteiger partial charge in [-0.1, -0.05) is 66.7 Å². The smallest absolute Gasteiger partial charge is 0.340 e. The van der Waals surface area contributed by atoms with Gasteiger partial charge in [-0.15, -0.1) is 0 Å². The maximum atomic E-state index is 12.4. The molecule has 0 saturated carbocycles. The van der Waals surface area contributed by atoms with Crippen LogP contribution >= 0.6 is 0 Å². The predicted molar refractivity (Wildman–Crippen MR) is 107 cm³/mol. The van der Waals surface area contributed by atoms with Crippen LogP contribution in [0.3, 0.4) is 0 Å². The summed E-state index contributed by atoms with van der Waals surface area (Å²) < 4.78 is 5.30. The minimum atomic E-state index is -0.489. The van der Waals surface area contributed by atoms with E-state index < -0.39 is 5.97 Å². The number of esters is 1. The molecule has 0 fully saturated rings. The topological polar surface area (TPSA) is 55.4 Å². The van der Waals surface area contributed by atoms with Gasteiger partial charge in [0, 0.05) is 5.56 Å². The van der Waals surface area contributed by atoms with Gasteiger partial charge in [-0.05, 0) is 35.9 Å². The van der Waals surface area contributed by atoms with Gasteiger partial charge in [0.05, 0.1) is 11.3 Å². The Morgan fingerprint density at radius 1 is 0.815 bits per heavy atom. The average molecular weight is 357 g/mol.